The van der Waals surface area contributed by atoms with E-state index in [9.17, 15) is 0 Å². The minimum Gasteiger partial charge on any atom is -0.324 e. The van der Waals surface area contributed by atoms with Crippen LogP contribution in [0.2, 0.25) is 0 Å². The van der Waals surface area contributed by atoms with Crippen molar-refractivity contribution in [3.05, 3.63) is 34.4 Å². The molecule has 2 rings (SSSR count). The third-order valence-electron chi connectivity index (χ3n) is 3.52. The summed E-state index contributed by atoms with van der Waals surface area (Å²) in [6, 6.07) is 4.82. The van der Waals surface area contributed by atoms with E-state index in [1.165, 1.54) is 22.3 Å². The highest BCUT2D eigenvalue weighted by atomic mass is 14.7. The average molecular weight is 189 g/mol. The second-order valence-corrected chi connectivity index (χ2v) is 5.22. The molecule has 1 aromatic carbocycles. The van der Waals surface area contributed by atoms with Crippen molar-refractivity contribution >= 4 is 0 Å². The van der Waals surface area contributed by atoms with E-state index in [1.54, 1.807) is 0 Å². The third-order valence-corrected chi connectivity index (χ3v) is 3.52. The highest BCUT2D eigenvalue weighted by Crippen LogP contribution is 2.44. The van der Waals surface area contributed by atoms with Crippen LogP contribution in [0.4, 0.5) is 0 Å². The summed E-state index contributed by atoms with van der Waals surface area (Å²) >= 11 is 0. The number of nitrogens with two attached hydrogens (primary N) is 1. The van der Waals surface area contributed by atoms with Gasteiger partial charge in [-0.05, 0) is 47.9 Å². The fraction of sp³-hybridized carbons (Fsp3) is 0.538. The smallest absolute Gasteiger partial charge is 0.0306 e. The highest BCUT2D eigenvalue weighted by molar-refractivity contribution is 5.46. The second-order valence-electron chi connectivity index (χ2n) is 5.22. The van der Waals surface area contributed by atoms with Crippen molar-refractivity contribution in [3.63, 3.8) is 0 Å². The van der Waals surface area contributed by atoms with Gasteiger partial charge < -0.3 is 5.73 Å². The van der Waals surface area contributed by atoms with Crippen molar-refractivity contribution in [3.8, 4) is 0 Å². The maximum atomic E-state index is 6.14. The van der Waals surface area contributed by atoms with Crippen molar-refractivity contribution in [1.29, 1.82) is 0 Å². The molecule has 0 fully saturated rings. The van der Waals surface area contributed by atoms with E-state index in [0.29, 0.717) is 0 Å². The normalized spacial score (nSPS) is 23.6. The van der Waals surface area contributed by atoms with E-state index in [2.05, 4.69) is 39.8 Å². The second kappa shape index (κ2) is 2.83. The van der Waals surface area contributed by atoms with Crippen molar-refractivity contribution < 1.29 is 0 Å². The minimum atomic E-state index is 0.235. The van der Waals surface area contributed by atoms with E-state index in [-0.39, 0.29) is 11.5 Å². The lowest BCUT2D eigenvalue weighted by Crippen LogP contribution is -2.14. The van der Waals surface area contributed by atoms with Gasteiger partial charge in [0.05, 0.1) is 0 Å². The van der Waals surface area contributed by atoms with Gasteiger partial charge in [0.25, 0.3) is 0 Å². The van der Waals surface area contributed by atoms with E-state index >= 15 is 0 Å². The number of benzene rings is 1. The number of rotatable bonds is 0. The van der Waals surface area contributed by atoms with Crippen LogP contribution in [0.5, 0.6) is 0 Å². The highest BCUT2D eigenvalue weighted by Gasteiger charge is 2.35. The van der Waals surface area contributed by atoms with Crippen LogP contribution in [-0.4, -0.2) is 0 Å². The predicted octanol–water partition coefficient (Wildman–Crippen LogP) is 2.98. The summed E-state index contributed by atoms with van der Waals surface area (Å²) in [6.07, 6.45) is 1.07. The molecule has 0 aromatic heterocycles. The summed E-state index contributed by atoms with van der Waals surface area (Å²) in [7, 11) is 0. The van der Waals surface area contributed by atoms with Crippen molar-refractivity contribution in [1.82, 2.24) is 0 Å². The Kier molecular flexibility index (Phi) is 1.97. The van der Waals surface area contributed by atoms with E-state index < -0.39 is 0 Å². The summed E-state index contributed by atoms with van der Waals surface area (Å²) in [5.41, 5.74) is 11.9. The zero-order valence-corrected chi connectivity index (χ0v) is 9.52. The van der Waals surface area contributed by atoms with Crippen LogP contribution in [0.25, 0.3) is 0 Å². The van der Waals surface area contributed by atoms with E-state index in [0.717, 1.165) is 6.42 Å². The first-order chi connectivity index (χ1) is 6.42. The molecule has 76 valence electrons. The fourth-order valence-corrected chi connectivity index (χ4v) is 2.50. The molecule has 1 aliphatic carbocycles. The topological polar surface area (TPSA) is 26.0 Å². The van der Waals surface area contributed by atoms with E-state index in [4.69, 9.17) is 5.73 Å². The molecular weight excluding hydrogens is 170 g/mol. The Labute approximate surface area is 86.3 Å². The Morgan fingerprint density at radius 3 is 2.43 bits per heavy atom. The molecule has 0 heterocycles. The molecule has 1 nitrogen and oxygen atoms in total. The van der Waals surface area contributed by atoms with Crippen LogP contribution >= 0.6 is 0 Å². The zero-order valence-electron chi connectivity index (χ0n) is 9.52. The molecule has 0 bridgehead atoms. The Morgan fingerprint density at radius 1 is 1.21 bits per heavy atom. The van der Waals surface area contributed by atoms with Gasteiger partial charge in [0.2, 0.25) is 0 Å². The summed E-state index contributed by atoms with van der Waals surface area (Å²) < 4.78 is 0. The largest absolute Gasteiger partial charge is 0.324 e. The van der Waals surface area contributed by atoms with Crippen LogP contribution in [0.1, 0.15) is 48.6 Å². The minimum absolute atomic E-state index is 0.235. The molecule has 0 aliphatic heterocycles. The Bertz CT molecular complexity index is 377. The molecule has 0 unspecified atom stereocenters. The first kappa shape index (κ1) is 9.72. The van der Waals surface area contributed by atoms with Crippen molar-refractivity contribution in [2.45, 2.75) is 45.6 Å². The number of fused-ring (bicyclic) bond motifs is 1. The SMILES string of the molecule is Cc1cc2c(cc1C)C(C)(C)C[C@@H]2N. The zero-order chi connectivity index (χ0) is 10.5. The molecule has 2 N–H and O–H groups in total. The lowest BCUT2D eigenvalue weighted by Gasteiger charge is -2.19. The van der Waals surface area contributed by atoms with Gasteiger partial charge in [-0.3, -0.25) is 0 Å². The van der Waals surface area contributed by atoms with Gasteiger partial charge in [-0.15, -0.1) is 0 Å². The quantitative estimate of drug-likeness (QED) is 0.667. The lowest BCUT2D eigenvalue weighted by molar-refractivity contribution is 0.481. The Morgan fingerprint density at radius 2 is 1.79 bits per heavy atom. The van der Waals surface area contributed by atoms with Gasteiger partial charge in [-0.2, -0.15) is 0 Å². The molecule has 1 atom stereocenters. The first-order valence-corrected chi connectivity index (χ1v) is 5.29. The maximum Gasteiger partial charge on any atom is 0.0306 e. The lowest BCUT2D eigenvalue weighted by atomic mass is 9.85. The van der Waals surface area contributed by atoms with Gasteiger partial charge >= 0.3 is 0 Å². The van der Waals surface area contributed by atoms with Crippen molar-refractivity contribution in [2.75, 3.05) is 0 Å². The number of aryl methyl sites for hydroxylation is 2. The fourth-order valence-electron chi connectivity index (χ4n) is 2.50. The van der Waals surface area contributed by atoms with Gasteiger partial charge in [-0.1, -0.05) is 26.0 Å². The monoisotopic (exact) mass is 189 g/mol. The van der Waals surface area contributed by atoms with Crippen LogP contribution in [-0.2, 0) is 5.41 Å². The number of hydrogen-bond donors (Lipinski definition) is 1. The molecular formula is C13H19N. The van der Waals surface area contributed by atoms with Gasteiger partial charge in [0, 0.05) is 6.04 Å². The van der Waals surface area contributed by atoms with Crippen LogP contribution in [0, 0.1) is 13.8 Å². The molecule has 0 saturated heterocycles. The molecule has 0 amide bonds. The average Bonchev–Trinajstić information content (AvgIpc) is 2.26. The molecule has 1 heteroatoms. The number of hydrogen-bond acceptors (Lipinski definition) is 1. The molecule has 1 aromatic rings. The standard InChI is InChI=1S/C13H19N/c1-8-5-10-11(6-9(8)2)13(3,4)7-12(10)14/h5-6,12H,7,14H2,1-4H3/t12-/m0/s1. The van der Waals surface area contributed by atoms with Gasteiger partial charge in [0.15, 0.2) is 0 Å². The van der Waals surface area contributed by atoms with Gasteiger partial charge in [-0.25, -0.2) is 0 Å². The maximum absolute atomic E-state index is 6.14. The summed E-state index contributed by atoms with van der Waals surface area (Å²) in [5, 5.41) is 0. The molecule has 0 spiro atoms. The van der Waals surface area contributed by atoms with Crippen LogP contribution < -0.4 is 5.73 Å². The Balaban J connectivity index is 2.64. The van der Waals surface area contributed by atoms with E-state index in [1.807, 2.05) is 0 Å². The molecule has 14 heavy (non-hydrogen) atoms. The van der Waals surface area contributed by atoms with Crippen molar-refractivity contribution in [2.24, 2.45) is 5.73 Å². The molecule has 1 aliphatic rings. The predicted molar refractivity (Wildman–Crippen MR) is 60.5 cm³/mol. The first-order valence-electron chi connectivity index (χ1n) is 5.29. The molecule has 0 radical (unpaired) electrons. The summed E-state index contributed by atoms with van der Waals surface area (Å²) in [5.74, 6) is 0. The Hall–Kier alpha value is -0.820. The van der Waals surface area contributed by atoms with Gasteiger partial charge in [0.1, 0.15) is 0 Å². The van der Waals surface area contributed by atoms with Crippen LogP contribution in [0.3, 0.4) is 0 Å². The van der Waals surface area contributed by atoms with Crippen LogP contribution in [0.15, 0.2) is 12.1 Å². The third kappa shape index (κ3) is 1.27. The summed E-state index contributed by atoms with van der Waals surface area (Å²) in [6.45, 7) is 8.91. The summed E-state index contributed by atoms with van der Waals surface area (Å²) in [4.78, 5) is 0. The molecule has 0 saturated carbocycles.